The first-order chi connectivity index (χ1) is 7.20. The summed E-state index contributed by atoms with van der Waals surface area (Å²) in [5.74, 6) is 0. The molecule has 2 N–H and O–H groups in total. The number of nitrogens with two attached hydrogens (primary N) is 1. The first-order valence-electron chi connectivity index (χ1n) is 5.39. The van der Waals surface area contributed by atoms with Gasteiger partial charge in [0.15, 0.2) is 0 Å². The number of hydrogen-bond donors (Lipinski definition) is 1. The van der Waals surface area contributed by atoms with E-state index in [-0.39, 0.29) is 0 Å². The molecule has 0 amide bonds. The maximum absolute atomic E-state index is 5.77. The summed E-state index contributed by atoms with van der Waals surface area (Å²) in [5.41, 5.74) is 7.11. The lowest BCUT2D eigenvalue weighted by Gasteiger charge is -2.22. The highest BCUT2D eigenvalue weighted by atomic mass is 79.9. The van der Waals surface area contributed by atoms with Crippen LogP contribution in [0.3, 0.4) is 0 Å². The third-order valence-corrected chi connectivity index (χ3v) is 5.16. The van der Waals surface area contributed by atoms with Gasteiger partial charge in [0, 0.05) is 24.0 Å². The largest absolute Gasteiger partial charge is 0.329 e. The van der Waals surface area contributed by atoms with Gasteiger partial charge in [-0.15, -0.1) is 11.3 Å². The Labute approximate surface area is 104 Å². The van der Waals surface area contributed by atoms with Crippen molar-refractivity contribution in [1.82, 2.24) is 4.90 Å². The summed E-state index contributed by atoms with van der Waals surface area (Å²) in [6, 6.07) is 2.88. The van der Waals surface area contributed by atoms with E-state index in [0.29, 0.717) is 6.04 Å². The standard InChI is InChI=1S/C11H17BrN2S/c1-8-5-10(15-11(8)12)7-14-4-2-3-9(14)6-13/h5,9H,2-4,6-7,13H2,1H3. The predicted octanol–water partition coefficient (Wildman–Crippen LogP) is 2.74. The molecule has 0 aliphatic carbocycles. The van der Waals surface area contributed by atoms with Gasteiger partial charge < -0.3 is 5.73 Å². The second kappa shape index (κ2) is 4.95. The first kappa shape index (κ1) is 11.6. The molecule has 0 aromatic carbocycles. The molecule has 0 spiro atoms. The zero-order valence-corrected chi connectivity index (χ0v) is 11.4. The van der Waals surface area contributed by atoms with Crippen molar-refractivity contribution in [3.05, 3.63) is 20.3 Å². The monoisotopic (exact) mass is 288 g/mol. The second-order valence-corrected chi connectivity index (χ2v) is 6.63. The Morgan fingerprint density at radius 2 is 2.47 bits per heavy atom. The van der Waals surface area contributed by atoms with Crippen LogP contribution in [-0.2, 0) is 6.54 Å². The summed E-state index contributed by atoms with van der Waals surface area (Å²) in [6.45, 7) is 5.22. The fourth-order valence-corrected chi connectivity index (χ4v) is 3.83. The van der Waals surface area contributed by atoms with Gasteiger partial charge in [0.1, 0.15) is 0 Å². The minimum Gasteiger partial charge on any atom is -0.329 e. The van der Waals surface area contributed by atoms with Crippen LogP contribution in [0.5, 0.6) is 0 Å². The highest BCUT2D eigenvalue weighted by Gasteiger charge is 2.23. The maximum atomic E-state index is 5.77. The summed E-state index contributed by atoms with van der Waals surface area (Å²) in [4.78, 5) is 3.96. The summed E-state index contributed by atoms with van der Waals surface area (Å²) < 4.78 is 1.26. The predicted molar refractivity (Wildman–Crippen MR) is 69.2 cm³/mol. The lowest BCUT2D eigenvalue weighted by atomic mass is 10.2. The van der Waals surface area contributed by atoms with E-state index in [4.69, 9.17) is 5.73 Å². The molecule has 15 heavy (non-hydrogen) atoms. The number of likely N-dealkylation sites (tertiary alicyclic amines) is 1. The van der Waals surface area contributed by atoms with Gasteiger partial charge in [0.25, 0.3) is 0 Å². The van der Waals surface area contributed by atoms with E-state index < -0.39 is 0 Å². The molecule has 1 saturated heterocycles. The SMILES string of the molecule is Cc1cc(CN2CCCC2CN)sc1Br. The zero-order valence-electron chi connectivity index (χ0n) is 9.00. The normalized spacial score (nSPS) is 22.5. The van der Waals surface area contributed by atoms with E-state index in [1.807, 2.05) is 11.3 Å². The Morgan fingerprint density at radius 3 is 3.07 bits per heavy atom. The highest BCUT2D eigenvalue weighted by molar-refractivity contribution is 9.11. The number of hydrogen-bond acceptors (Lipinski definition) is 3. The summed E-state index contributed by atoms with van der Waals surface area (Å²) in [7, 11) is 0. The molecule has 4 heteroatoms. The molecule has 84 valence electrons. The van der Waals surface area contributed by atoms with Gasteiger partial charge in [-0.2, -0.15) is 0 Å². The molecule has 1 unspecified atom stereocenters. The Bertz CT molecular complexity index is 318. The molecule has 1 aromatic heterocycles. The van der Waals surface area contributed by atoms with E-state index in [1.165, 1.54) is 33.6 Å². The lowest BCUT2D eigenvalue weighted by Crippen LogP contribution is -2.34. The number of halogens is 1. The van der Waals surface area contributed by atoms with Crippen LogP contribution in [-0.4, -0.2) is 24.0 Å². The topological polar surface area (TPSA) is 29.3 Å². The Balaban J connectivity index is 2.02. The molecule has 1 aliphatic rings. The Hall–Kier alpha value is 0.100. The van der Waals surface area contributed by atoms with Crippen LogP contribution in [0.4, 0.5) is 0 Å². The summed E-state index contributed by atoms with van der Waals surface area (Å²) in [6.07, 6.45) is 2.56. The summed E-state index contributed by atoms with van der Waals surface area (Å²) in [5, 5.41) is 0. The first-order valence-corrected chi connectivity index (χ1v) is 7.00. The van der Waals surface area contributed by atoms with Crippen molar-refractivity contribution in [2.24, 2.45) is 5.73 Å². The molecule has 0 radical (unpaired) electrons. The fraction of sp³-hybridized carbons (Fsp3) is 0.636. The van der Waals surface area contributed by atoms with Crippen LogP contribution < -0.4 is 5.73 Å². The van der Waals surface area contributed by atoms with Crippen molar-refractivity contribution >= 4 is 27.3 Å². The van der Waals surface area contributed by atoms with Crippen LogP contribution in [0, 0.1) is 6.92 Å². The lowest BCUT2D eigenvalue weighted by molar-refractivity contribution is 0.252. The van der Waals surface area contributed by atoms with E-state index in [9.17, 15) is 0 Å². The maximum Gasteiger partial charge on any atom is 0.0730 e. The van der Waals surface area contributed by atoms with Crippen molar-refractivity contribution in [3.8, 4) is 0 Å². The van der Waals surface area contributed by atoms with Gasteiger partial charge in [-0.3, -0.25) is 4.90 Å². The van der Waals surface area contributed by atoms with Crippen molar-refractivity contribution in [1.29, 1.82) is 0 Å². The average molecular weight is 289 g/mol. The molecular formula is C11H17BrN2S. The van der Waals surface area contributed by atoms with Crippen molar-refractivity contribution < 1.29 is 0 Å². The van der Waals surface area contributed by atoms with Gasteiger partial charge in [0.05, 0.1) is 3.79 Å². The molecule has 2 heterocycles. The molecule has 1 aliphatic heterocycles. The van der Waals surface area contributed by atoms with Gasteiger partial charge in [-0.25, -0.2) is 0 Å². The minimum absolute atomic E-state index is 0.603. The molecule has 1 fully saturated rings. The van der Waals surface area contributed by atoms with Crippen LogP contribution in [0.15, 0.2) is 9.85 Å². The number of nitrogens with zero attached hydrogens (tertiary/aromatic N) is 1. The zero-order chi connectivity index (χ0) is 10.8. The molecule has 2 rings (SSSR count). The highest BCUT2D eigenvalue weighted by Crippen LogP contribution is 2.29. The minimum atomic E-state index is 0.603. The third kappa shape index (κ3) is 2.61. The smallest absolute Gasteiger partial charge is 0.0730 e. The van der Waals surface area contributed by atoms with Crippen LogP contribution >= 0.6 is 27.3 Å². The van der Waals surface area contributed by atoms with Crippen LogP contribution in [0.1, 0.15) is 23.3 Å². The van der Waals surface area contributed by atoms with Gasteiger partial charge in [0.2, 0.25) is 0 Å². The van der Waals surface area contributed by atoms with Crippen molar-refractivity contribution in [2.75, 3.05) is 13.1 Å². The van der Waals surface area contributed by atoms with E-state index in [0.717, 1.165) is 13.1 Å². The average Bonchev–Trinajstić information content (AvgIpc) is 2.75. The second-order valence-electron chi connectivity index (χ2n) is 4.17. The van der Waals surface area contributed by atoms with E-state index in [2.05, 4.69) is 33.8 Å². The summed E-state index contributed by atoms with van der Waals surface area (Å²) >= 11 is 5.42. The van der Waals surface area contributed by atoms with Gasteiger partial charge in [-0.1, -0.05) is 0 Å². The van der Waals surface area contributed by atoms with E-state index >= 15 is 0 Å². The van der Waals surface area contributed by atoms with Crippen LogP contribution in [0.25, 0.3) is 0 Å². The van der Waals surface area contributed by atoms with E-state index in [1.54, 1.807) is 0 Å². The van der Waals surface area contributed by atoms with Gasteiger partial charge >= 0.3 is 0 Å². The molecule has 2 nitrogen and oxygen atoms in total. The molecule has 1 atom stereocenters. The Kier molecular flexibility index (Phi) is 3.83. The quantitative estimate of drug-likeness (QED) is 0.927. The van der Waals surface area contributed by atoms with Crippen molar-refractivity contribution in [2.45, 2.75) is 32.4 Å². The number of aryl methyl sites for hydroxylation is 1. The van der Waals surface area contributed by atoms with Crippen LogP contribution in [0.2, 0.25) is 0 Å². The Morgan fingerprint density at radius 1 is 1.67 bits per heavy atom. The van der Waals surface area contributed by atoms with Crippen molar-refractivity contribution in [3.63, 3.8) is 0 Å². The fourth-order valence-electron chi connectivity index (χ4n) is 2.17. The molecular weight excluding hydrogens is 272 g/mol. The number of rotatable bonds is 3. The molecule has 1 aromatic rings. The molecule has 0 saturated carbocycles. The molecule has 0 bridgehead atoms. The number of thiophene rings is 1. The van der Waals surface area contributed by atoms with Gasteiger partial charge in [-0.05, 0) is 53.9 Å². The third-order valence-electron chi connectivity index (χ3n) is 3.04.